The van der Waals surface area contributed by atoms with Gasteiger partial charge >= 0.3 is 0 Å². The minimum Gasteiger partial charge on any atom is -0.352 e. The van der Waals surface area contributed by atoms with Crippen molar-refractivity contribution in [1.82, 2.24) is 10.2 Å². The molecular formula is C12H16ClN3O3. The Morgan fingerprint density at radius 2 is 2.16 bits per heavy atom. The highest BCUT2D eigenvalue weighted by molar-refractivity contribution is 6.31. The first-order valence-electron chi connectivity index (χ1n) is 5.78. The van der Waals surface area contributed by atoms with Gasteiger partial charge in [0.05, 0.1) is 4.92 Å². The third-order valence-corrected chi connectivity index (χ3v) is 2.70. The molecule has 104 valence electrons. The van der Waals surface area contributed by atoms with E-state index in [1.54, 1.807) is 0 Å². The van der Waals surface area contributed by atoms with E-state index in [0.717, 1.165) is 13.0 Å². The SMILES string of the molecule is CN(C)CCCNC(=O)c1cc(Cl)ccc1[N+](=O)[O-]. The molecule has 0 spiro atoms. The molecule has 0 aliphatic rings. The highest BCUT2D eigenvalue weighted by atomic mass is 35.5. The number of halogens is 1. The van der Waals surface area contributed by atoms with Crippen LogP contribution in [-0.4, -0.2) is 42.9 Å². The van der Waals surface area contributed by atoms with Crippen LogP contribution in [0.5, 0.6) is 0 Å². The molecule has 19 heavy (non-hydrogen) atoms. The molecule has 1 aromatic carbocycles. The molecule has 0 aliphatic heterocycles. The van der Waals surface area contributed by atoms with Crippen molar-refractivity contribution in [3.8, 4) is 0 Å². The molecule has 6 nitrogen and oxygen atoms in total. The summed E-state index contributed by atoms with van der Waals surface area (Å²) in [6.07, 6.45) is 0.771. The lowest BCUT2D eigenvalue weighted by Gasteiger charge is -2.10. The van der Waals surface area contributed by atoms with Gasteiger partial charge in [-0.1, -0.05) is 11.6 Å². The Labute approximate surface area is 116 Å². The first-order chi connectivity index (χ1) is 8.91. The summed E-state index contributed by atoms with van der Waals surface area (Å²) in [5.41, 5.74) is -0.253. The van der Waals surface area contributed by atoms with Gasteiger partial charge in [0.25, 0.3) is 11.6 Å². The average molecular weight is 286 g/mol. The number of hydrogen-bond donors (Lipinski definition) is 1. The van der Waals surface area contributed by atoms with Gasteiger partial charge in [-0.2, -0.15) is 0 Å². The van der Waals surface area contributed by atoms with Crippen molar-refractivity contribution in [1.29, 1.82) is 0 Å². The van der Waals surface area contributed by atoms with Crippen LogP contribution in [0.25, 0.3) is 0 Å². The first kappa shape index (κ1) is 15.4. The third-order valence-electron chi connectivity index (χ3n) is 2.47. The van der Waals surface area contributed by atoms with Crippen molar-refractivity contribution in [3.05, 3.63) is 38.9 Å². The highest BCUT2D eigenvalue weighted by Gasteiger charge is 2.19. The molecule has 0 fully saturated rings. The topological polar surface area (TPSA) is 75.5 Å². The number of carbonyl (C=O) groups is 1. The number of rotatable bonds is 6. The zero-order chi connectivity index (χ0) is 14.4. The summed E-state index contributed by atoms with van der Waals surface area (Å²) in [5.74, 6) is -0.479. The monoisotopic (exact) mass is 285 g/mol. The van der Waals surface area contributed by atoms with Crippen LogP contribution >= 0.6 is 11.6 Å². The molecule has 0 atom stereocenters. The summed E-state index contributed by atoms with van der Waals surface area (Å²) in [6, 6.07) is 3.93. The van der Waals surface area contributed by atoms with E-state index in [2.05, 4.69) is 5.32 Å². The number of benzene rings is 1. The Morgan fingerprint density at radius 1 is 1.47 bits per heavy atom. The van der Waals surface area contributed by atoms with Gasteiger partial charge in [0.2, 0.25) is 0 Å². The molecule has 0 radical (unpaired) electrons. The quantitative estimate of drug-likeness (QED) is 0.492. The second-order valence-corrected chi connectivity index (χ2v) is 4.77. The molecule has 0 saturated heterocycles. The maximum absolute atomic E-state index is 11.9. The Hall–Kier alpha value is -1.66. The van der Waals surface area contributed by atoms with Crippen LogP contribution in [0, 0.1) is 10.1 Å². The fourth-order valence-corrected chi connectivity index (χ4v) is 1.71. The summed E-state index contributed by atoms with van der Waals surface area (Å²) < 4.78 is 0. The van der Waals surface area contributed by atoms with Gasteiger partial charge < -0.3 is 10.2 Å². The Bertz CT molecular complexity index is 477. The molecule has 0 aliphatic carbocycles. The van der Waals surface area contributed by atoms with Gasteiger partial charge in [-0.3, -0.25) is 14.9 Å². The summed E-state index contributed by atoms with van der Waals surface area (Å²) in [4.78, 5) is 24.1. The molecule has 0 unspecified atom stereocenters. The summed E-state index contributed by atoms with van der Waals surface area (Å²) in [5, 5.41) is 13.8. The van der Waals surface area contributed by atoms with Crippen LogP contribution in [0.4, 0.5) is 5.69 Å². The van der Waals surface area contributed by atoms with Crippen LogP contribution in [0.1, 0.15) is 16.8 Å². The highest BCUT2D eigenvalue weighted by Crippen LogP contribution is 2.22. The van der Waals surface area contributed by atoms with Gasteiger partial charge in [0.1, 0.15) is 5.56 Å². The molecule has 1 amide bonds. The van der Waals surface area contributed by atoms with Crippen molar-refractivity contribution < 1.29 is 9.72 Å². The molecular weight excluding hydrogens is 270 g/mol. The maximum Gasteiger partial charge on any atom is 0.282 e. The number of carbonyl (C=O) groups excluding carboxylic acids is 1. The molecule has 1 aromatic rings. The predicted octanol–water partition coefficient (Wildman–Crippen LogP) is 1.93. The largest absolute Gasteiger partial charge is 0.352 e. The van der Waals surface area contributed by atoms with E-state index >= 15 is 0 Å². The summed E-state index contributed by atoms with van der Waals surface area (Å²) >= 11 is 5.76. The van der Waals surface area contributed by atoms with Crippen molar-refractivity contribution in [2.75, 3.05) is 27.2 Å². The average Bonchev–Trinajstić information content (AvgIpc) is 2.33. The van der Waals surface area contributed by atoms with E-state index < -0.39 is 10.8 Å². The van der Waals surface area contributed by atoms with Crippen molar-refractivity contribution >= 4 is 23.2 Å². The van der Waals surface area contributed by atoms with Crippen molar-refractivity contribution in [2.24, 2.45) is 0 Å². The van der Waals surface area contributed by atoms with Crippen LogP contribution < -0.4 is 5.32 Å². The van der Waals surface area contributed by atoms with Crippen LogP contribution in [0.3, 0.4) is 0 Å². The smallest absolute Gasteiger partial charge is 0.282 e. The van der Waals surface area contributed by atoms with Gasteiger partial charge in [-0.05, 0) is 39.2 Å². The predicted molar refractivity (Wildman–Crippen MR) is 73.6 cm³/mol. The van der Waals surface area contributed by atoms with Crippen molar-refractivity contribution in [2.45, 2.75) is 6.42 Å². The summed E-state index contributed by atoms with van der Waals surface area (Å²) in [6.45, 7) is 1.29. The lowest BCUT2D eigenvalue weighted by atomic mass is 10.1. The van der Waals surface area contributed by atoms with E-state index in [-0.39, 0.29) is 11.3 Å². The first-order valence-corrected chi connectivity index (χ1v) is 6.16. The molecule has 0 heterocycles. The normalized spacial score (nSPS) is 10.5. The maximum atomic E-state index is 11.9. The molecule has 0 bridgehead atoms. The Morgan fingerprint density at radius 3 is 2.74 bits per heavy atom. The molecule has 0 saturated carbocycles. The van der Waals surface area contributed by atoms with E-state index in [1.807, 2.05) is 19.0 Å². The van der Waals surface area contributed by atoms with Crippen molar-refractivity contribution in [3.63, 3.8) is 0 Å². The fraction of sp³-hybridized carbons (Fsp3) is 0.417. The number of nitro groups is 1. The second-order valence-electron chi connectivity index (χ2n) is 4.33. The van der Waals surface area contributed by atoms with E-state index in [4.69, 9.17) is 11.6 Å². The zero-order valence-electron chi connectivity index (χ0n) is 10.9. The minimum absolute atomic E-state index is 0.0117. The molecule has 0 aromatic heterocycles. The standard InChI is InChI=1S/C12H16ClN3O3/c1-15(2)7-3-6-14-12(17)10-8-9(13)4-5-11(10)16(18)19/h4-5,8H,3,6-7H2,1-2H3,(H,14,17). The van der Waals surface area contributed by atoms with Gasteiger partial charge in [0.15, 0.2) is 0 Å². The molecule has 1 N–H and O–H groups in total. The number of hydrogen-bond acceptors (Lipinski definition) is 4. The molecule has 7 heteroatoms. The number of nitrogens with one attached hydrogen (secondary N) is 1. The van der Waals surface area contributed by atoms with Gasteiger partial charge in [-0.25, -0.2) is 0 Å². The minimum atomic E-state index is -0.592. The number of nitrogens with zero attached hydrogens (tertiary/aromatic N) is 2. The number of nitro benzene ring substituents is 1. The third kappa shape index (κ3) is 4.84. The van der Waals surface area contributed by atoms with Crippen LogP contribution in [0.15, 0.2) is 18.2 Å². The van der Waals surface area contributed by atoms with E-state index in [1.165, 1.54) is 18.2 Å². The van der Waals surface area contributed by atoms with E-state index in [9.17, 15) is 14.9 Å². The molecule has 1 rings (SSSR count). The Kier molecular flexibility index (Phi) is 5.72. The Balaban J connectivity index is 2.70. The number of amides is 1. The lowest BCUT2D eigenvalue weighted by Crippen LogP contribution is -2.27. The zero-order valence-corrected chi connectivity index (χ0v) is 11.6. The summed E-state index contributed by atoms with van der Waals surface area (Å²) in [7, 11) is 3.87. The van der Waals surface area contributed by atoms with Gasteiger partial charge in [0, 0.05) is 17.6 Å². The van der Waals surface area contributed by atoms with E-state index in [0.29, 0.717) is 11.6 Å². The fourth-order valence-electron chi connectivity index (χ4n) is 1.54. The second kappa shape index (κ2) is 7.06. The van der Waals surface area contributed by atoms with Crippen LogP contribution in [-0.2, 0) is 0 Å². The van der Waals surface area contributed by atoms with Crippen LogP contribution in [0.2, 0.25) is 5.02 Å². The lowest BCUT2D eigenvalue weighted by molar-refractivity contribution is -0.385. The van der Waals surface area contributed by atoms with Gasteiger partial charge in [-0.15, -0.1) is 0 Å².